The van der Waals surface area contributed by atoms with Crippen LogP contribution in [0.25, 0.3) is 0 Å². The Labute approximate surface area is 118 Å². The zero-order chi connectivity index (χ0) is 13.1. The Bertz CT molecular complexity index is 542. The second-order valence-electron chi connectivity index (χ2n) is 4.11. The molecule has 0 saturated heterocycles. The van der Waals surface area contributed by atoms with Crippen LogP contribution in [0.3, 0.4) is 0 Å². The van der Waals surface area contributed by atoms with Crippen LogP contribution in [0.4, 0.5) is 15.8 Å². The largest absolute Gasteiger partial charge is 0.396 e. The quantitative estimate of drug-likeness (QED) is 0.862. The van der Waals surface area contributed by atoms with Gasteiger partial charge in [-0.1, -0.05) is 0 Å². The predicted molar refractivity (Wildman–Crippen MR) is 79.8 cm³/mol. The van der Waals surface area contributed by atoms with Crippen LogP contribution >= 0.6 is 27.3 Å². The first-order valence-electron chi connectivity index (χ1n) is 5.55. The van der Waals surface area contributed by atoms with Crippen LogP contribution in [-0.4, -0.2) is 13.6 Å². The van der Waals surface area contributed by atoms with Gasteiger partial charge in [0.2, 0.25) is 0 Å². The van der Waals surface area contributed by atoms with Crippen LogP contribution in [0.1, 0.15) is 4.88 Å². The maximum Gasteiger partial charge on any atom is 0.148 e. The van der Waals surface area contributed by atoms with Crippen molar-refractivity contribution < 1.29 is 4.39 Å². The highest BCUT2D eigenvalue weighted by atomic mass is 79.9. The van der Waals surface area contributed by atoms with Crippen molar-refractivity contribution in [3.05, 3.63) is 44.8 Å². The summed E-state index contributed by atoms with van der Waals surface area (Å²) < 4.78 is 14.5. The Kier molecular flexibility index (Phi) is 4.24. The van der Waals surface area contributed by atoms with E-state index in [9.17, 15) is 4.39 Å². The molecule has 0 fully saturated rings. The summed E-state index contributed by atoms with van der Waals surface area (Å²) in [5, 5.41) is 2.07. The van der Waals surface area contributed by atoms with Crippen molar-refractivity contribution in [3.8, 4) is 0 Å². The number of nitrogen functional groups attached to an aromatic ring is 1. The molecule has 96 valence electrons. The molecule has 2 nitrogen and oxygen atoms in total. The highest BCUT2D eigenvalue weighted by Gasteiger charge is 2.06. The summed E-state index contributed by atoms with van der Waals surface area (Å²) >= 11 is 5.16. The van der Waals surface area contributed by atoms with Crippen molar-refractivity contribution in [2.75, 3.05) is 24.2 Å². The van der Waals surface area contributed by atoms with E-state index in [4.69, 9.17) is 5.73 Å². The monoisotopic (exact) mass is 328 g/mol. The molecule has 0 bridgehead atoms. The van der Waals surface area contributed by atoms with Gasteiger partial charge in [-0.15, -0.1) is 11.3 Å². The molecule has 0 aliphatic carbocycles. The number of nitrogens with two attached hydrogens (primary N) is 1. The van der Waals surface area contributed by atoms with E-state index in [-0.39, 0.29) is 11.5 Å². The molecule has 0 unspecified atom stereocenters. The first-order chi connectivity index (χ1) is 8.56. The summed E-state index contributed by atoms with van der Waals surface area (Å²) in [5.74, 6) is -0.363. The van der Waals surface area contributed by atoms with Gasteiger partial charge in [-0.25, -0.2) is 4.39 Å². The van der Waals surface area contributed by atoms with Gasteiger partial charge >= 0.3 is 0 Å². The van der Waals surface area contributed by atoms with E-state index in [2.05, 4.69) is 27.4 Å². The minimum atomic E-state index is -0.363. The lowest BCUT2D eigenvalue weighted by Gasteiger charge is -2.19. The zero-order valence-corrected chi connectivity index (χ0v) is 12.4. The van der Waals surface area contributed by atoms with Gasteiger partial charge in [0.15, 0.2) is 0 Å². The Hall–Kier alpha value is -1.07. The van der Waals surface area contributed by atoms with Gasteiger partial charge in [-0.3, -0.25) is 0 Å². The zero-order valence-electron chi connectivity index (χ0n) is 9.99. The van der Waals surface area contributed by atoms with E-state index in [0.29, 0.717) is 0 Å². The van der Waals surface area contributed by atoms with Crippen molar-refractivity contribution in [2.45, 2.75) is 6.42 Å². The smallest absolute Gasteiger partial charge is 0.148 e. The highest BCUT2D eigenvalue weighted by Crippen LogP contribution is 2.22. The molecule has 2 aromatic rings. The molecule has 5 heteroatoms. The molecule has 0 radical (unpaired) electrons. The average molecular weight is 329 g/mol. The lowest BCUT2D eigenvalue weighted by atomic mass is 10.2. The molecular weight excluding hydrogens is 315 g/mol. The minimum Gasteiger partial charge on any atom is -0.396 e. The first kappa shape index (κ1) is 13.4. The van der Waals surface area contributed by atoms with Gasteiger partial charge < -0.3 is 10.6 Å². The van der Waals surface area contributed by atoms with Crippen molar-refractivity contribution in [1.82, 2.24) is 0 Å². The molecule has 2 rings (SSSR count). The van der Waals surface area contributed by atoms with Crippen LogP contribution in [0.15, 0.2) is 34.1 Å². The van der Waals surface area contributed by atoms with Crippen LogP contribution in [-0.2, 0) is 6.42 Å². The molecule has 0 aliphatic heterocycles. The van der Waals surface area contributed by atoms with Crippen molar-refractivity contribution in [1.29, 1.82) is 0 Å². The molecule has 1 aromatic carbocycles. The van der Waals surface area contributed by atoms with Crippen LogP contribution in [0.2, 0.25) is 0 Å². The number of halogens is 2. The number of thiophene rings is 1. The molecule has 0 spiro atoms. The normalized spacial score (nSPS) is 10.6. The van der Waals surface area contributed by atoms with Crippen LogP contribution in [0.5, 0.6) is 0 Å². The summed E-state index contributed by atoms with van der Waals surface area (Å²) in [6.07, 6.45) is 0.943. The maximum atomic E-state index is 13.4. The fourth-order valence-electron chi connectivity index (χ4n) is 1.65. The third-order valence-corrected chi connectivity index (χ3v) is 4.50. The summed E-state index contributed by atoms with van der Waals surface area (Å²) in [5.41, 5.74) is 6.49. The predicted octanol–water partition coefficient (Wildman–Crippen LogP) is 3.91. The van der Waals surface area contributed by atoms with E-state index in [0.717, 1.165) is 23.1 Å². The number of likely N-dealkylation sites (N-methyl/N-ethyl adjacent to an activating group) is 1. The Morgan fingerprint density at radius 3 is 2.78 bits per heavy atom. The number of anilines is 2. The number of hydrogen-bond acceptors (Lipinski definition) is 3. The SMILES string of the molecule is CN(CCc1cc(Br)cs1)c1ccc(N)c(F)c1. The van der Waals surface area contributed by atoms with E-state index >= 15 is 0 Å². The van der Waals surface area contributed by atoms with Crippen LogP contribution < -0.4 is 10.6 Å². The Morgan fingerprint density at radius 2 is 2.17 bits per heavy atom. The van der Waals surface area contributed by atoms with E-state index in [1.807, 2.05) is 18.0 Å². The molecule has 18 heavy (non-hydrogen) atoms. The van der Waals surface area contributed by atoms with Crippen LogP contribution in [0, 0.1) is 5.82 Å². The second kappa shape index (κ2) is 5.71. The molecule has 0 atom stereocenters. The molecule has 0 amide bonds. The highest BCUT2D eigenvalue weighted by molar-refractivity contribution is 9.10. The molecule has 1 heterocycles. The lowest BCUT2D eigenvalue weighted by Crippen LogP contribution is -2.20. The van der Waals surface area contributed by atoms with E-state index in [1.165, 1.54) is 10.9 Å². The molecule has 2 N–H and O–H groups in total. The van der Waals surface area contributed by atoms with Crippen molar-refractivity contribution >= 4 is 38.6 Å². The molecular formula is C13H14BrFN2S. The molecule has 1 aromatic heterocycles. The minimum absolute atomic E-state index is 0.189. The second-order valence-corrected chi connectivity index (χ2v) is 6.02. The topological polar surface area (TPSA) is 29.3 Å². The number of hydrogen-bond donors (Lipinski definition) is 1. The first-order valence-corrected chi connectivity index (χ1v) is 7.22. The van der Waals surface area contributed by atoms with Gasteiger partial charge in [0.25, 0.3) is 0 Å². The van der Waals surface area contributed by atoms with Gasteiger partial charge in [0.05, 0.1) is 5.69 Å². The number of rotatable bonds is 4. The van der Waals surface area contributed by atoms with Crippen molar-refractivity contribution in [3.63, 3.8) is 0 Å². The number of nitrogens with zero attached hydrogens (tertiary/aromatic N) is 1. The lowest BCUT2D eigenvalue weighted by molar-refractivity contribution is 0.632. The van der Waals surface area contributed by atoms with E-state index in [1.54, 1.807) is 17.4 Å². The summed E-state index contributed by atoms with van der Waals surface area (Å²) in [6, 6.07) is 7.02. The Morgan fingerprint density at radius 1 is 1.39 bits per heavy atom. The average Bonchev–Trinajstić information content (AvgIpc) is 2.75. The molecule has 0 aliphatic rings. The van der Waals surface area contributed by atoms with Gasteiger partial charge in [0.1, 0.15) is 5.82 Å². The van der Waals surface area contributed by atoms with Gasteiger partial charge in [-0.05, 0) is 46.6 Å². The van der Waals surface area contributed by atoms with Gasteiger partial charge in [-0.2, -0.15) is 0 Å². The fourth-order valence-corrected chi connectivity index (χ4v) is 3.09. The standard InChI is InChI=1S/C13H14BrFN2S/c1-17(5-4-11-6-9(14)8-18-11)10-2-3-13(16)12(15)7-10/h2-3,6-8H,4-5,16H2,1H3. The number of benzene rings is 1. The summed E-state index contributed by atoms with van der Waals surface area (Å²) in [4.78, 5) is 3.33. The van der Waals surface area contributed by atoms with E-state index < -0.39 is 0 Å². The third-order valence-electron chi connectivity index (χ3n) is 2.74. The van der Waals surface area contributed by atoms with Crippen molar-refractivity contribution in [2.24, 2.45) is 0 Å². The summed E-state index contributed by atoms with van der Waals surface area (Å²) in [6.45, 7) is 0.844. The summed E-state index contributed by atoms with van der Waals surface area (Å²) in [7, 11) is 1.95. The molecule has 0 saturated carbocycles. The third kappa shape index (κ3) is 3.23. The maximum absolute atomic E-state index is 13.4. The fraction of sp³-hybridized carbons (Fsp3) is 0.231. The van der Waals surface area contributed by atoms with Gasteiger partial charge in [0, 0.05) is 34.0 Å². The Balaban J connectivity index is 1.99.